The van der Waals surface area contributed by atoms with Crippen LogP contribution in [0.4, 0.5) is 10.2 Å². The Morgan fingerprint density at radius 3 is 2.84 bits per heavy atom. The van der Waals surface area contributed by atoms with Crippen molar-refractivity contribution in [2.75, 3.05) is 12.3 Å². The molecule has 2 bridgehead atoms. The Bertz CT molecular complexity index is 1190. The molecule has 0 fully saturated rings. The highest BCUT2D eigenvalue weighted by molar-refractivity contribution is 6.13. The van der Waals surface area contributed by atoms with Gasteiger partial charge in [0.25, 0.3) is 0 Å². The van der Waals surface area contributed by atoms with Crippen molar-refractivity contribution < 1.29 is 9.13 Å². The van der Waals surface area contributed by atoms with Gasteiger partial charge in [0.1, 0.15) is 11.9 Å². The zero-order valence-electron chi connectivity index (χ0n) is 17.5. The number of nitrogens with two attached hydrogens (primary N) is 2. The number of nitrogens with zero attached hydrogens (tertiary/aromatic N) is 3. The Hall–Kier alpha value is -3.74. The maximum absolute atomic E-state index is 14.2. The normalized spacial score (nSPS) is 18.5. The lowest BCUT2D eigenvalue weighted by atomic mass is 9.89. The van der Waals surface area contributed by atoms with Crippen LogP contribution in [0.25, 0.3) is 11.1 Å². The van der Waals surface area contributed by atoms with Crippen LogP contribution in [-0.4, -0.2) is 22.2 Å². The van der Waals surface area contributed by atoms with Gasteiger partial charge in [-0.15, -0.1) is 0 Å². The van der Waals surface area contributed by atoms with Crippen molar-refractivity contribution in [1.82, 2.24) is 9.97 Å². The third-order valence-corrected chi connectivity index (χ3v) is 5.31. The van der Waals surface area contributed by atoms with Crippen molar-refractivity contribution in [2.24, 2.45) is 10.7 Å². The first-order valence-electron chi connectivity index (χ1n) is 10.1. The highest BCUT2D eigenvalue weighted by Gasteiger charge is 2.22. The minimum absolute atomic E-state index is 0.254. The van der Waals surface area contributed by atoms with E-state index in [1.165, 1.54) is 12.1 Å². The molecule has 0 radical (unpaired) electrons. The molecule has 0 aliphatic carbocycles. The molecule has 3 aromatic rings. The summed E-state index contributed by atoms with van der Waals surface area (Å²) >= 11 is 0. The SMILES string of the molecule is CCN=C1C(=CN)Cc2cnccc2-c2ccc(F)cc2C(C)Oc2cc1cnc2N. The number of fused-ring (bicyclic) bond motifs is 5. The van der Waals surface area contributed by atoms with E-state index in [9.17, 15) is 4.39 Å². The smallest absolute Gasteiger partial charge is 0.166 e. The fourth-order valence-electron chi connectivity index (χ4n) is 3.84. The minimum Gasteiger partial charge on any atom is -0.482 e. The van der Waals surface area contributed by atoms with Crippen LogP contribution in [0.3, 0.4) is 0 Å². The monoisotopic (exact) mass is 417 g/mol. The molecule has 4 N–H and O–H groups in total. The molecule has 1 aliphatic rings. The van der Waals surface area contributed by atoms with Crippen LogP contribution in [0.1, 0.15) is 36.6 Å². The number of hydrogen-bond acceptors (Lipinski definition) is 6. The lowest BCUT2D eigenvalue weighted by molar-refractivity contribution is 0.227. The van der Waals surface area contributed by atoms with E-state index in [-0.39, 0.29) is 11.6 Å². The molecule has 1 unspecified atom stereocenters. The number of nitrogen functional groups attached to an aromatic ring is 1. The van der Waals surface area contributed by atoms with Gasteiger partial charge in [-0.1, -0.05) is 6.07 Å². The fraction of sp³-hybridized carbons (Fsp3) is 0.208. The van der Waals surface area contributed by atoms with Crippen molar-refractivity contribution in [3.05, 3.63) is 83.2 Å². The van der Waals surface area contributed by atoms with Crippen LogP contribution in [0.2, 0.25) is 0 Å². The fourth-order valence-corrected chi connectivity index (χ4v) is 3.84. The standard InChI is InChI=1S/C24H24FN5O/c1-3-29-23-15(11-26)8-16-12-28-7-6-19(16)20-5-4-18(25)10-21(20)14(2)31-22-9-17(23)13-30-24(22)27/h4-7,9-14H,3,8,26H2,1-2H3,(H2,27,30). The zero-order chi connectivity index (χ0) is 22.0. The van der Waals surface area contributed by atoms with Crippen LogP contribution in [0.5, 0.6) is 5.75 Å². The summed E-state index contributed by atoms with van der Waals surface area (Å²) in [5.74, 6) is 0.330. The average molecular weight is 417 g/mol. The van der Waals surface area contributed by atoms with Crippen molar-refractivity contribution in [2.45, 2.75) is 26.4 Å². The molecule has 4 rings (SSSR count). The Morgan fingerprint density at radius 2 is 2.06 bits per heavy atom. The van der Waals surface area contributed by atoms with E-state index in [4.69, 9.17) is 16.2 Å². The number of allylic oxidation sites excluding steroid dienone is 1. The van der Waals surface area contributed by atoms with Gasteiger partial charge < -0.3 is 16.2 Å². The molecule has 158 valence electrons. The Morgan fingerprint density at radius 1 is 1.23 bits per heavy atom. The summed E-state index contributed by atoms with van der Waals surface area (Å²) in [6, 6.07) is 8.43. The molecule has 7 heteroatoms. The lowest BCUT2D eigenvalue weighted by Crippen LogP contribution is -2.15. The van der Waals surface area contributed by atoms with Crippen molar-refractivity contribution in [3.8, 4) is 16.9 Å². The summed E-state index contributed by atoms with van der Waals surface area (Å²) in [6.07, 6.45) is 6.78. The molecule has 2 aromatic heterocycles. The molecule has 0 spiro atoms. The topological polar surface area (TPSA) is 99.4 Å². The van der Waals surface area contributed by atoms with Gasteiger partial charge in [0.15, 0.2) is 11.6 Å². The molecular weight excluding hydrogens is 393 g/mol. The second kappa shape index (κ2) is 8.55. The van der Waals surface area contributed by atoms with Gasteiger partial charge in [-0.05, 0) is 66.6 Å². The maximum Gasteiger partial charge on any atom is 0.166 e. The summed E-state index contributed by atoms with van der Waals surface area (Å²) in [6.45, 7) is 4.40. The summed E-state index contributed by atoms with van der Waals surface area (Å²) in [5.41, 5.74) is 17.9. The van der Waals surface area contributed by atoms with E-state index in [2.05, 4.69) is 15.0 Å². The highest BCUT2D eigenvalue weighted by Crippen LogP contribution is 2.36. The van der Waals surface area contributed by atoms with Crippen molar-refractivity contribution in [3.63, 3.8) is 0 Å². The van der Waals surface area contributed by atoms with Crippen LogP contribution < -0.4 is 16.2 Å². The summed E-state index contributed by atoms with van der Waals surface area (Å²) in [4.78, 5) is 13.3. The van der Waals surface area contributed by atoms with E-state index in [0.29, 0.717) is 24.3 Å². The highest BCUT2D eigenvalue weighted by atomic mass is 19.1. The van der Waals surface area contributed by atoms with E-state index in [1.807, 2.05) is 26.0 Å². The first-order chi connectivity index (χ1) is 15.0. The molecule has 31 heavy (non-hydrogen) atoms. The van der Waals surface area contributed by atoms with E-state index in [0.717, 1.165) is 33.5 Å². The van der Waals surface area contributed by atoms with Gasteiger partial charge in [-0.2, -0.15) is 0 Å². The molecular formula is C24H24FN5O. The van der Waals surface area contributed by atoms with Gasteiger partial charge in [0, 0.05) is 42.7 Å². The Balaban J connectivity index is 2.01. The van der Waals surface area contributed by atoms with E-state index >= 15 is 0 Å². The maximum atomic E-state index is 14.2. The molecule has 1 atom stereocenters. The summed E-state index contributed by atoms with van der Waals surface area (Å²) < 4.78 is 20.4. The van der Waals surface area contributed by atoms with Crippen LogP contribution in [-0.2, 0) is 6.42 Å². The number of pyridine rings is 2. The first-order valence-corrected chi connectivity index (χ1v) is 10.1. The molecule has 6 nitrogen and oxygen atoms in total. The summed E-state index contributed by atoms with van der Waals surface area (Å²) in [5, 5.41) is 0. The van der Waals surface area contributed by atoms with Crippen LogP contribution >= 0.6 is 0 Å². The van der Waals surface area contributed by atoms with Crippen molar-refractivity contribution in [1.29, 1.82) is 0 Å². The first kappa shape index (κ1) is 20.5. The van der Waals surface area contributed by atoms with Gasteiger partial charge in [0.05, 0.1) is 5.71 Å². The molecule has 1 aliphatic heterocycles. The number of ether oxygens (including phenoxy) is 1. The number of aromatic nitrogens is 2. The third kappa shape index (κ3) is 3.99. The Labute approximate surface area is 180 Å². The molecule has 1 aromatic carbocycles. The number of aliphatic imine (C=N–C) groups is 1. The molecule has 0 saturated carbocycles. The van der Waals surface area contributed by atoms with E-state index < -0.39 is 6.10 Å². The van der Waals surface area contributed by atoms with Gasteiger partial charge in [-0.25, -0.2) is 9.37 Å². The molecule has 0 amide bonds. The van der Waals surface area contributed by atoms with Crippen molar-refractivity contribution >= 4 is 11.5 Å². The second-order valence-corrected chi connectivity index (χ2v) is 7.32. The van der Waals surface area contributed by atoms with Gasteiger partial charge >= 0.3 is 0 Å². The summed E-state index contributed by atoms with van der Waals surface area (Å²) in [7, 11) is 0. The van der Waals surface area contributed by atoms with Gasteiger partial charge in [0.2, 0.25) is 0 Å². The van der Waals surface area contributed by atoms with Crippen LogP contribution in [0, 0.1) is 5.82 Å². The lowest BCUT2D eigenvalue weighted by Gasteiger charge is -2.23. The van der Waals surface area contributed by atoms with Gasteiger partial charge in [-0.3, -0.25) is 9.98 Å². The third-order valence-electron chi connectivity index (χ3n) is 5.31. The van der Waals surface area contributed by atoms with Crippen LogP contribution in [0.15, 0.2) is 65.7 Å². The van der Waals surface area contributed by atoms with E-state index in [1.54, 1.807) is 30.9 Å². The average Bonchev–Trinajstić information content (AvgIpc) is 2.77. The number of hydrogen-bond donors (Lipinski definition) is 2. The Kier molecular flexibility index (Phi) is 5.66. The number of halogens is 1. The second-order valence-electron chi connectivity index (χ2n) is 7.32. The zero-order valence-corrected chi connectivity index (χ0v) is 17.5. The number of benzene rings is 1. The number of anilines is 1. The number of rotatable bonds is 1. The largest absolute Gasteiger partial charge is 0.482 e. The molecule has 3 heterocycles. The predicted molar refractivity (Wildman–Crippen MR) is 120 cm³/mol. The predicted octanol–water partition coefficient (Wildman–Crippen LogP) is 4.21. The minimum atomic E-state index is -0.471. The quantitative estimate of drug-likeness (QED) is 0.618. The molecule has 0 saturated heterocycles.